The standard InChI is InChI=1S/C12H19IO3/c1-9(2)7-16-11(15)12(8-13)6-4-3-5-10(12)14/h9H,3-8H2,1-2H3. The Morgan fingerprint density at radius 3 is 2.69 bits per heavy atom. The molecule has 0 aromatic carbocycles. The van der Waals surface area contributed by atoms with Crippen molar-refractivity contribution in [1.29, 1.82) is 0 Å². The van der Waals surface area contributed by atoms with Crippen LogP contribution in [0.3, 0.4) is 0 Å². The van der Waals surface area contributed by atoms with Crippen LogP contribution in [0.2, 0.25) is 0 Å². The van der Waals surface area contributed by atoms with E-state index in [4.69, 9.17) is 4.74 Å². The fourth-order valence-electron chi connectivity index (χ4n) is 1.88. The Kier molecular flexibility index (Phi) is 5.21. The van der Waals surface area contributed by atoms with Crippen molar-refractivity contribution in [3.05, 3.63) is 0 Å². The monoisotopic (exact) mass is 338 g/mol. The summed E-state index contributed by atoms with van der Waals surface area (Å²) in [5.74, 6) is 0.0797. The van der Waals surface area contributed by atoms with Crippen LogP contribution in [0.1, 0.15) is 39.5 Å². The molecule has 4 heteroatoms. The summed E-state index contributed by atoms with van der Waals surface area (Å²) in [7, 11) is 0. The van der Waals surface area contributed by atoms with Crippen molar-refractivity contribution in [2.24, 2.45) is 11.3 Å². The van der Waals surface area contributed by atoms with Gasteiger partial charge in [0.25, 0.3) is 0 Å². The summed E-state index contributed by atoms with van der Waals surface area (Å²) in [6.45, 7) is 4.39. The molecule has 16 heavy (non-hydrogen) atoms. The molecule has 0 aliphatic heterocycles. The number of ketones is 1. The van der Waals surface area contributed by atoms with Crippen molar-refractivity contribution in [3.8, 4) is 0 Å². The van der Waals surface area contributed by atoms with E-state index >= 15 is 0 Å². The van der Waals surface area contributed by atoms with Crippen LogP contribution in [-0.2, 0) is 14.3 Å². The van der Waals surface area contributed by atoms with E-state index in [1.54, 1.807) is 0 Å². The Labute approximate surface area is 110 Å². The third-order valence-electron chi connectivity index (χ3n) is 2.96. The van der Waals surface area contributed by atoms with E-state index in [1.165, 1.54) is 0 Å². The van der Waals surface area contributed by atoms with Crippen LogP contribution >= 0.6 is 22.6 Å². The van der Waals surface area contributed by atoms with Gasteiger partial charge in [-0.15, -0.1) is 0 Å². The lowest BCUT2D eigenvalue weighted by Gasteiger charge is -2.31. The van der Waals surface area contributed by atoms with Crippen molar-refractivity contribution in [2.45, 2.75) is 39.5 Å². The van der Waals surface area contributed by atoms with Crippen LogP contribution in [-0.4, -0.2) is 22.8 Å². The minimum atomic E-state index is -0.840. The van der Waals surface area contributed by atoms with Gasteiger partial charge in [0.15, 0.2) is 5.78 Å². The molecule has 0 bridgehead atoms. The zero-order chi connectivity index (χ0) is 12.2. The molecule has 1 unspecified atom stereocenters. The molecule has 0 N–H and O–H groups in total. The summed E-state index contributed by atoms with van der Waals surface area (Å²) in [6, 6.07) is 0. The highest BCUT2D eigenvalue weighted by Crippen LogP contribution is 2.36. The highest BCUT2D eigenvalue weighted by Gasteiger charge is 2.47. The quantitative estimate of drug-likeness (QED) is 0.343. The number of ether oxygens (including phenoxy) is 1. The second-order valence-electron chi connectivity index (χ2n) is 4.84. The fraction of sp³-hybridized carbons (Fsp3) is 0.833. The molecular weight excluding hydrogens is 319 g/mol. The van der Waals surface area contributed by atoms with Crippen LogP contribution in [0.15, 0.2) is 0 Å². The normalized spacial score (nSPS) is 25.9. The average molecular weight is 338 g/mol. The Balaban J connectivity index is 2.70. The molecule has 3 nitrogen and oxygen atoms in total. The second kappa shape index (κ2) is 5.98. The predicted octanol–water partition coefficient (Wildman–Crippen LogP) is 2.75. The van der Waals surface area contributed by atoms with E-state index in [2.05, 4.69) is 22.6 Å². The third-order valence-corrected chi connectivity index (χ3v) is 4.26. The smallest absolute Gasteiger partial charge is 0.320 e. The molecule has 0 amide bonds. The first-order valence-electron chi connectivity index (χ1n) is 5.79. The van der Waals surface area contributed by atoms with Crippen molar-refractivity contribution >= 4 is 34.3 Å². The summed E-state index contributed by atoms with van der Waals surface area (Å²) in [4.78, 5) is 23.9. The topological polar surface area (TPSA) is 43.4 Å². The predicted molar refractivity (Wildman–Crippen MR) is 70.6 cm³/mol. The lowest BCUT2D eigenvalue weighted by Crippen LogP contribution is -2.44. The van der Waals surface area contributed by atoms with Crippen LogP contribution in [0, 0.1) is 11.3 Å². The van der Waals surface area contributed by atoms with E-state index < -0.39 is 5.41 Å². The number of halogens is 1. The third kappa shape index (κ3) is 2.96. The summed E-state index contributed by atoms with van der Waals surface area (Å²) in [6.07, 6.45) is 3.05. The largest absolute Gasteiger partial charge is 0.465 e. The van der Waals surface area contributed by atoms with Gasteiger partial charge in [-0.05, 0) is 18.8 Å². The summed E-state index contributed by atoms with van der Waals surface area (Å²) < 4.78 is 5.79. The van der Waals surface area contributed by atoms with Gasteiger partial charge < -0.3 is 4.74 Å². The van der Waals surface area contributed by atoms with Gasteiger partial charge in [-0.1, -0.05) is 42.9 Å². The number of rotatable bonds is 4. The van der Waals surface area contributed by atoms with Gasteiger partial charge in [-0.25, -0.2) is 0 Å². The van der Waals surface area contributed by atoms with E-state index in [0.29, 0.717) is 29.8 Å². The molecule has 1 saturated carbocycles. The van der Waals surface area contributed by atoms with E-state index in [1.807, 2.05) is 13.8 Å². The van der Waals surface area contributed by atoms with Crippen molar-refractivity contribution < 1.29 is 14.3 Å². The molecule has 0 heterocycles. The maximum atomic E-state index is 12.0. The van der Waals surface area contributed by atoms with E-state index in [0.717, 1.165) is 12.8 Å². The van der Waals surface area contributed by atoms with E-state index in [9.17, 15) is 9.59 Å². The lowest BCUT2D eigenvalue weighted by molar-refractivity contribution is -0.161. The molecule has 0 spiro atoms. The molecule has 92 valence electrons. The molecule has 1 aliphatic rings. The highest BCUT2D eigenvalue weighted by atomic mass is 127. The molecule has 0 saturated heterocycles. The summed E-state index contributed by atoms with van der Waals surface area (Å²) >= 11 is 2.13. The van der Waals surface area contributed by atoms with Crippen LogP contribution in [0.25, 0.3) is 0 Å². The Hall–Kier alpha value is -0.130. The molecule has 1 fully saturated rings. The maximum Gasteiger partial charge on any atom is 0.320 e. The van der Waals surface area contributed by atoms with Gasteiger partial charge in [-0.2, -0.15) is 0 Å². The minimum Gasteiger partial charge on any atom is -0.465 e. The first kappa shape index (κ1) is 13.9. The van der Waals surface area contributed by atoms with Gasteiger partial charge in [0.2, 0.25) is 0 Å². The average Bonchev–Trinajstić information content (AvgIpc) is 2.27. The summed E-state index contributed by atoms with van der Waals surface area (Å²) in [5.41, 5.74) is -0.840. The molecule has 1 rings (SSSR count). The van der Waals surface area contributed by atoms with Gasteiger partial charge >= 0.3 is 5.97 Å². The molecule has 0 aromatic heterocycles. The van der Waals surface area contributed by atoms with Crippen LogP contribution < -0.4 is 0 Å². The maximum absolute atomic E-state index is 12.0. The lowest BCUT2D eigenvalue weighted by atomic mass is 9.74. The van der Waals surface area contributed by atoms with Crippen molar-refractivity contribution in [2.75, 3.05) is 11.0 Å². The Morgan fingerprint density at radius 1 is 1.50 bits per heavy atom. The number of hydrogen-bond acceptors (Lipinski definition) is 3. The minimum absolute atomic E-state index is 0.0712. The zero-order valence-electron chi connectivity index (χ0n) is 9.92. The Bertz CT molecular complexity index is 275. The van der Waals surface area contributed by atoms with Crippen LogP contribution in [0.5, 0.6) is 0 Å². The van der Waals surface area contributed by atoms with Crippen molar-refractivity contribution in [1.82, 2.24) is 0 Å². The van der Waals surface area contributed by atoms with Gasteiger partial charge in [0, 0.05) is 10.8 Å². The SMILES string of the molecule is CC(C)COC(=O)C1(CI)CCCCC1=O. The zero-order valence-corrected chi connectivity index (χ0v) is 12.1. The highest BCUT2D eigenvalue weighted by molar-refractivity contribution is 14.1. The second-order valence-corrected chi connectivity index (χ2v) is 5.60. The summed E-state index contributed by atoms with van der Waals surface area (Å²) in [5, 5.41) is 0. The number of alkyl halides is 1. The van der Waals surface area contributed by atoms with Gasteiger partial charge in [-0.3, -0.25) is 9.59 Å². The molecule has 1 aliphatic carbocycles. The van der Waals surface area contributed by atoms with Crippen LogP contribution in [0.4, 0.5) is 0 Å². The first-order chi connectivity index (χ1) is 7.53. The molecule has 0 radical (unpaired) electrons. The first-order valence-corrected chi connectivity index (χ1v) is 7.32. The van der Waals surface area contributed by atoms with Crippen molar-refractivity contribution in [3.63, 3.8) is 0 Å². The van der Waals surface area contributed by atoms with Gasteiger partial charge in [0.05, 0.1) is 6.61 Å². The number of carbonyl (C=O) groups excluding carboxylic acids is 2. The number of Topliss-reactive ketones (excluding diaryl/α,β-unsaturated/α-hetero) is 1. The van der Waals surface area contributed by atoms with E-state index in [-0.39, 0.29) is 11.8 Å². The molecule has 1 atom stereocenters. The number of esters is 1. The fourth-order valence-corrected chi connectivity index (χ4v) is 3.00. The molecular formula is C12H19IO3. The molecule has 0 aromatic rings. The number of carbonyl (C=O) groups is 2. The number of hydrogen-bond donors (Lipinski definition) is 0. The Morgan fingerprint density at radius 2 is 2.19 bits per heavy atom. The van der Waals surface area contributed by atoms with Gasteiger partial charge in [0.1, 0.15) is 5.41 Å².